The summed E-state index contributed by atoms with van der Waals surface area (Å²) in [5, 5.41) is 13.5. The van der Waals surface area contributed by atoms with Crippen molar-refractivity contribution in [2.45, 2.75) is 0 Å². The molecule has 2 aromatic heterocycles. The molecule has 0 unspecified atom stereocenters. The highest BCUT2D eigenvalue weighted by atomic mass is 35.5. The van der Waals surface area contributed by atoms with Crippen LogP contribution in [0, 0.1) is 0 Å². The van der Waals surface area contributed by atoms with E-state index < -0.39 is 5.97 Å². The largest absolute Gasteiger partial charge is 0.476 e. The molecule has 0 saturated carbocycles. The first-order chi connectivity index (χ1) is 12.1. The maximum Gasteiger partial charge on any atom is 0.358 e. The summed E-state index contributed by atoms with van der Waals surface area (Å²) in [6, 6.07) is 21.1. The van der Waals surface area contributed by atoms with E-state index in [4.69, 9.17) is 11.6 Å². The van der Waals surface area contributed by atoms with Crippen molar-refractivity contribution in [1.29, 1.82) is 0 Å². The minimum atomic E-state index is -1.18. The van der Waals surface area contributed by atoms with Crippen molar-refractivity contribution < 1.29 is 9.90 Å². The Morgan fingerprint density at radius 1 is 0.960 bits per heavy atom. The Bertz CT molecular complexity index is 1080. The molecule has 2 heterocycles. The van der Waals surface area contributed by atoms with Crippen molar-refractivity contribution in [1.82, 2.24) is 14.6 Å². The molecule has 1 N–H and O–H groups in total. The molecule has 6 heteroatoms. The van der Waals surface area contributed by atoms with E-state index in [-0.39, 0.29) is 10.7 Å². The van der Waals surface area contributed by atoms with Crippen LogP contribution in [0.4, 0.5) is 0 Å². The van der Waals surface area contributed by atoms with Gasteiger partial charge in [0.15, 0.2) is 11.3 Å². The number of carboxylic acids is 1. The van der Waals surface area contributed by atoms with E-state index in [1.807, 2.05) is 66.7 Å². The molecule has 5 nitrogen and oxygen atoms in total. The van der Waals surface area contributed by atoms with E-state index >= 15 is 0 Å². The SMILES string of the molecule is O=C(O)c1nn2c(-c3ccccc3)cc(-c3ccccc3)nc2c1Cl. The predicted molar refractivity (Wildman–Crippen MR) is 95.8 cm³/mol. The van der Waals surface area contributed by atoms with Gasteiger partial charge in [-0.1, -0.05) is 72.3 Å². The fourth-order valence-electron chi connectivity index (χ4n) is 2.70. The molecule has 0 radical (unpaired) electrons. The fourth-order valence-corrected chi connectivity index (χ4v) is 2.94. The molecule has 0 atom stereocenters. The molecule has 0 aliphatic carbocycles. The van der Waals surface area contributed by atoms with Crippen molar-refractivity contribution in [2.24, 2.45) is 0 Å². The average Bonchev–Trinajstić information content (AvgIpc) is 2.99. The summed E-state index contributed by atoms with van der Waals surface area (Å²) in [6.07, 6.45) is 0. The highest BCUT2D eigenvalue weighted by molar-refractivity contribution is 6.36. The standard InChI is InChI=1S/C19H12ClN3O2/c20-16-17(19(24)25)22-23-15(13-9-5-2-6-10-13)11-14(21-18(16)23)12-7-3-1-4-8-12/h1-11H,(H,24,25). The zero-order valence-corrected chi connectivity index (χ0v) is 13.7. The van der Waals surface area contributed by atoms with E-state index in [2.05, 4.69) is 10.1 Å². The molecule has 0 aliphatic rings. The van der Waals surface area contributed by atoms with Crippen LogP contribution < -0.4 is 0 Å². The number of carboxylic acid groups (broad SMARTS) is 1. The average molecular weight is 350 g/mol. The first-order valence-electron chi connectivity index (χ1n) is 7.58. The van der Waals surface area contributed by atoms with Crippen LogP contribution in [0.25, 0.3) is 28.2 Å². The smallest absolute Gasteiger partial charge is 0.358 e. The minimum Gasteiger partial charge on any atom is -0.476 e. The lowest BCUT2D eigenvalue weighted by atomic mass is 10.1. The van der Waals surface area contributed by atoms with Crippen molar-refractivity contribution in [3.05, 3.63) is 77.4 Å². The predicted octanol–water partition coefficient (Wildman–Crippen LogP) is 4.41. The third-order valence-electron chi connectivity index (χ3n) is 3.87. The minimum absolute atomic E-state index is 0.0301. The molecule has 4 rings (SSSR count). The number of hydrogen-bond donors (Lipinski definition) is 1. The molecule has 0 bridgehead atoms. The van der Waals surface area contributed by atoms with Crippen molar-refractivity contribution in [2.75, 3.05) is 0 Å². The van der Waals surface area contributed by atoms with Gasteiger partial charge in [-0.2, -0.15) is 5.10 Å². The molecule has 4 aromatic rings. The molecule has 0 fully saturated rings. The molecule has 122 valence electrons. The highest BCUT2D eigenvalue weighted by Crippen LogP contribution is 2.30. The van der Waals surface area contributed by atoms with E-state index in [9.17, 15) is 9.90 Å². The summed E-state index contributed by atoms with van der Waals surface area (Å²) < 4.78 is 1.48. The van der Waals surface area contributed by atoms with Gasteiger partial charge in [0.2, 0.25) is 0 Å². The number of aromatic nitrogens is 3. The summed E-state index contributed by atoms with van der Waals surface area (Å²) in [5.74, 6) is -1.18. The summed E-state index contributed by atoms with van der Waals surface area (Å²) >= 11 is 6.24. The molecule has 0 amide bonds. The Morgan fingerprint density at radius 2 is 1.56 bits per heavy atom. The number of carbonyl (C=O) groups is 1. The Kier molecular flexibility index (Phi) is 3.71. The Balaban J connectivity index is 2.07. The molecular weight excluding hydrogens is 338 g/mol. The van der Waals surface area contributed by atoms with Crippen molar-refractivity contribution in [3.8, 4) is 22.5 Å². The first kappa shape index (κ1) is 15.4. The number of halogens is 1. The maximum absolute atomic E-state index is 11.4. The van der Waals surface area contributed by atoms with Crippen LogP contribution in [0.5, 0.6) is 0 Å². The van der Waals surface area contributed by atoms with Crippen molar-refractivity contribution in [3.63, 3.8) is 0 Å². The third kappa shape index (κ3) is 2.64. The van der Waals surface area contributed by atoms with E-state index in [0.717, 1.165) is 16.8 Å². The Morgan fingerprint density at radius 3 is 2.16 bits per heavy atom. The van der Waals surface area contributed by atoms with Crippen LogP contribution in [-0.4, -0.2) is 25.7 Å². The van der Waals surface area contributed by atoms with Gasteiger partial charge in [-0.3, -0.25) is 0 Å². The lowest BCUT2D eigenvalue weighted by Crippen LogP contribution is -2.01. The normalized spacial score (nSPS) is 10.9. The number of nitrogens with zero attached hydrogens (tertiary/aromatic N) is 3. The van der Waals surface area contributed by atoms with Crippen LogP contribution in [-0.2, 0) is 0 Å². The summed E-state index contributed by atoms with van der Waals surface area (Å²) in [6.45, 7) is 0. The third-order valence-corrected chi connectivity index (χ3v) is 4.22. The lowest BCUT2D eigenvalue weighted by molar-refractivity contribution is 0.0690. The van der Waals surface area contributed by atoms with Crippen LogP contribution in [0.3, 0.4) is 0 Å². The highest BCUT2D eigenvalue weighted by Gasteiger charge is 2.21. The number of rotatable bonds is 3. The lowest BCUT2D eigenvalue weighted by Gasteiger charge is -2.08. The second-order valence-electron chi connectivity index (χ2n) is 5.46. The van der Waals surface area contributed by atoms with E-state index in [0.29, 0.717) is 11.3 Å². The Hall–Kier alpha value is -3.18. The molecule has 0 aliphatic heterocycles. The van der Waals surface area contributed by atoms with Crippen LogP contribution in [0.15, 0.2) is 66.7 Å². The monoisotopic (exact) mass is 349 g/mol. The van der Waals surface area contributed by atoms with Gasteiger partial charge in [-0.05, 0) is 6.07 Å². The zero-order valence-electron chi connectivity index (χ0n) is 12.9. The summed E-state index contributed by atoms with van der Waals surface area (Å²) in [4.78, 5) is 15.9. The van der Waals surface area contributed by atoms with Gasteiger partial charge in [-0.15, -0.1) is 0 Å². The topological polar surface area (TPSA) is 67.5 Å². The van der Waals surface area contributed by atoms with Crippen LogP contribution in [0.1, 0.15) is 10.5 Å². The number of aromatic carboxylic acids is 1. The number of fused-ring (bicyclic) bond motifs is 1. The van der Waals surface area contributed by atoms with E-state index in [1.165, 1.54) is 4.52 Å². The second kappa shape index (κ2) is 6.03. The molecule has 0 spiro atoms. The summed E-state index contributed by atoms with van der Waals surface area (Å²) in [7, 11) is 0. The number of hydrogen-bond acceptors (Lipinski definition) is 3. The Labute approximate surface area is 148 Å². The first-order valence-corrected chi connectivity index (χ1v) is 7.96. The van der Waals surface area contributed by atoms with Crippen LogP contribution >= 0.6 is 11.6 Å². The fraction of sp³-hybridized carbons (Fsp3) is 0. The van der Waals surface area contributed by atoms with Gasteiger partial charge in [0, 0.05) is 11.1 Å². The quantitative estimate of drug-likeness (QED) is 0.594. The van der Waals surface area contributed by atoms with Crippen LogP contribution in [0.2, 0.25) is 5.02 Å². The zero-order chi connectivity index (χ0) is 17.4. The van der Waals surface area contributed by atoms with Crippen molar-refractivity contribution >= 4 is 23.2 Å². The van der Waals surface area contributed by atoms with Gasteiger partial charge in [0.25, 0.3) is 0 Å². The molecule has 0 saturated heterocycles. The van der Waals surface area contributed by atoms with Gasteiger partial charge < -0.3 is 5.11 Å². The van der Waals surface area contributed by atoms with Gasteiger partial charge in [-0.25, -0.2) is 14.3 Å². The maximum atomic E-state index is 11.4. The molecule has 2 aromatic carbocycles. The second-order valence-corrected chi connectivity index (χ2v) is 5.84. The van der Waals surface area contributed by atoms with Gasteiger partial charge in [0.05, 0.1) is 11.4 Å². The van der Waals surface area contributed by atoms with Gasteiger partial charge >= 0.3 is 5.97 Å². The van der Waals surface area contributed by atoms with Gasteiger partial charge in [0.1, 0.15) is 5.02 Å². The summed E-state index contributed by atoms with van der Waals surface area (Å²) in [5.41, 5.74) is 3.33. The molecule has 25 heavy (non-hydrogen) atoms. The molecular formula is C19H12ClN3O2. The number of benzene rings is 2. The van der Waals surface area contributed by atoms with E-state index in [1.54, 1.807) is 0 Å².